The van der Waals surface area contributed by atoms with E-state index < -0.39 is 17.9 Å². The summed E-state index contributed by atoms with van der Waals surface area (Å²) in [6, 6.07) is 15.6. The van der Waals surface area contributed by atoms with Crippen molar-refractivity contribution in [2.24, 2.45) is 23.7 Å². The molecular formula is C37H43F3O3. The Hall–Kier alpha value is -2.67. The van der Waals surface area contributed by atoms with Crippen LogP contribution in [0.3, 0.4) is 0 Å². The molecule has 2 heterocycles. The highest BCUT2D eigenvalue weighted by Gasteiger charge is 2.36. The summed E-state index contributed by atoms with van der Waals surface area (Å²) >= 11 is 0. The zero-order chi connectivity index (χ0) is 29.9. The molecule has 0 radical (unpaired) electrons. The van der Waals surface area contributed by atoms with Crippen LogP contribution in [0, 0.1) is 48.0 Å². The summed E-state index contributed by atoms with van der Waals surface area (Å²) in [5.74, 6) is 1.20. The van der Waals surface area contributed by atoms with E-state index >= 15 is 0 Å². The van der Waals surface area contributed by atoms with E-state index in [0.29, 0.717) is 43.1 Å². The summed E-state index contributed by atoms with van der Waals surface area (Å²) in [6.07, 6.45) is 8.29. The van der Waals surface area contributed by atoms with E-state index in [1.165, 1.54) is 57.2 Å². The van der Waals surface area contributed by atoms with E-state index in [-0.39, 0.29) is 23.4 Å². The molecule has 43 heavy (non-hydrogen) atoms. The first-order valence-electron chi connectivity index (χ1n) is 16.0. The maximum atomic E-state index is 15.0. The molecule has 0 amide bonds. The van der Waals surface area contributed by atoms with Crippen molar-refractivity contribution in [2.75, 3.05) is 19.8 Å². The number of benzene rings is 3. The minimum absolute atomic E-state index is 0.00227. The first kappa shape index (κ1) is 30.4. The molecule has 3 aliphatic rings. The lowest BCUT2D eigenvalue weighted by Crippen LogP contribution is -2.41. The molecule has 0 spiro atoms. The molecular weight excluding hydrogens is 549 g/mol. The summed E-state index contributed by atoms with van der Waals surface area (Å²) in [7, 11) is 0. The summed E-state index contributed by atoms with van der Waals surface area (Å²) in [5, 5.41) is 0. The lowest BCUT2D eigenvalue weighted by molar-refractivity contribution is -0.228. The van der Waals surface area contributed by atoms with Crippen LogP contribution in [0.1, 0.15) is 74.0 Å². The number of hydrogen-bond acceptors (Lipinski definition) is 3. The van der Waals surface area contributed by atoms with E-state index in [2.05, 4.69) is 6.92 Å². The van der Waals surface area contributed by atoms with Gasteiger partial charge >= 0.3 is 0 Å². The van der Waals surface area contributed by atoms with Gasteiger partial charge in [0.1, 0.15) is 17.5 Å². The Morgan fingerprint density at radius 3 is 1.88 bits per heavy atom. The van der Waals surface area contributed by atoms with Gasteiger partial charge in [0.2, 0.25) is 0 Å². The molecule has 3 aromatic carbocycles. The molecule has 3 fully saturated rings. The van der Waals surface area contributed by atoms with Crippen molar-refractivity contribution in [3.05, 3.63) is 94.3 Å². The molecule has 230 valence electrons. The Labute approximate surface area is 253 Å². The maximum absolute atomic E-state index is 15.0. The van der Waals surface area contributed by atoms with Crippen LogP contribution in [0.2, 0.25) is 0 Å². The van der Waals surface area contributed by atoms with Crippen LogP contribution in [0.5, 0.6) is 0 Å². The Kier molecular flexibility index (Phi) is 9.56. The number of rotatable bonds is 7. The highest BCUT2D eigenvalue weighted by Crippen LogP contribution is 2.39. The van der Waals surface area contributed by atoms with Gasteiger partial charge in [0.05, 0.1) is 25.9 Å². The number of ether oxygens (including phenoxy) is 3. The topological polar surface area (TPSA) is 27.7 Å². The maximum Gasteiger partial charge on any atom is 0.183 e. The van der Waals surface area contributed by atoms with Gasteiger partial charge in [-0.3, -0.25) is 0 Å². The van der Waals surface area contributed by atoms with E-state index in [9.17, 15) is 13.2 Å². The zero-order valence-electron chi connectivity index (χ0n) is 25.3. The number of aryl methyl sites for hydroxylation is 2. The molecule has 1 saturated carbocycles. The van der Waals surface area contributed by atoms with Gasteiger partial charge in [0.15, 0.2) is 6.29 Å². The fourth-order valence-corrected chi connectivity index (χ4v) is 7.10. The predicted molar refractivity (Wildman–Crippen MR) is 162 cm³/mol. The van der Waals surface area contributed by atoms with Crippen molar-refractivity contribution in [3.8, 4) is 11.1 Å². The van der Waals surface area contributed by atoms with Crippen molar-refractivity contribution < 1.29 is 27.4 Å². The van der Waals surface area contributed by atoms with Crippen LogP contribution in [-0.2, 0) is 27.1 Å². The van der Waals surface area contributed by atoms with Gasteiger partial charge in [-0.15, -0.1) is 0 Å². The largest absolute Gasteiger partial charge is 0.377 e. The Morgan fingerprint density at radius 2 is 1.26 bits per heavy atom. The van der Waals surface area contributed by atoms with Crippen molar-refractivity contribution in [2.45, 2.75) is 77.6 Å². The molecule has 3 nitrogen and oxygen atoms in total. The van der Waals surface area contributed by atoms with Gasteiger partial charge in [-0.2, -0.15) is 0 Å². The first-order chi connectivity index (χ1) is 20.8. The van der Waals surface area contributed by atoms with Crippen molar-refractivity contribution in [3.63, 3.8) is 0 Å². The summed E-state index contributed by atoms with van der Waals surface area (Å²) < 4.78 is 61.3. The van der Waals surface area contributed by atoms with Crippen LogP contribution < -0.4 is 0 Å². The van der Waals surface area contributed by atoms with Gasteiger partial charge in [-0.25, -0.2) is 13.2 Å². The Morgan fingerprint density at radius 1 is 0.628 bits per heavy atom. The monoisotopic (exact) mass is 592 g/mol. The SMILES string of the molecule is Cc1c(F)cc(CCc2ccc(-c3ccc(C4OCC(C5CCC(C6CCC(C)CC6)CO5)CO4)cc3)cc2F)cc1F. The molecule has 3 aromatic rings. The molecule has 2 unspecified atom stereocenters. The number of halogens is 3. The average Bonchev–Trinajstić information content (AvgIpc) is 3.03. The van der Waals surface area contributed by atoms with Crippen molar-refractivity contribution >= 4 is 0 Å². The molecule has 0 aromatic heterocycles. The van der Waals surface area contributed by atoms with Crippen LogP contribution in [0.25, 0.3) is 11.1 Å². The minimum Gasteiger partial charge on any atom is -0.377 e. The lowest BCUT2D eigenvalue weighted by atomic mass is 9.74. The van der Waals surface area contributed by atoms with Gasteiger partial charge < -0.3 is 14.2 Å². The fourth-order valence-electron chi connectivity index (χ4n) is 7.10. The predicted octanol–water partition coefficient (Wildman–Crippen LogP) is 9.15. The van der Waals surface area contributed by atoms with Crippen LogP contribution >= 0.6 is 0 Å². The second-order valence-electron chi connectivity index (χ2n) is 13.1. The standard InChI is InChI=1S/C37H43F3O3/c1-23-3-6-27(7-4-23)31-15-16-36(41-20-31)32-21-42-37(43-22-32)29-12-9-26(10-13-29)30-14-11-28(35(40)19-30)8-5-25-17-33(38)24(2)34(39)18-25/h9-14,17-19,23,27,31-32,36-37H,3-8,15-16,20-22H2,1-2H3. The fraction of sp³-hybridized carbons (Fsp3) is 0.514. The third kappa shape index (κ3) is 7.19. The normalized spacial score (nSPS) is 28.1. The van der Waals surface area contributed by atoms with Gasteiger partial charge in [0.25, 0.3) is 0 Å². The third-order valence-corrected chi connectivity index (χ3v) is 10.1. The van der Waals surface area contributed by atoms with Gasteiger partial charge in [-0.1, -0.05) is 56.2 Å². The smallest absolute Gasteiger partial charge is 0.183 e. The zero-order valence-corrected chi connectivity index (χ0v) is 25.3. The van der Waals surface area contributed by atoms with Crippen LogP contribution in [0.15, 0.2) is 54.6 Å². The summed E-state index contributed by atoms with van der Waals surface area (Å²) in [5.41, 5.74) is 3.63. The summed E-state index contributed by atoms with van der Waals surface area (Å²) in [6.45, 7) is 5.90. The van der Waals surface area contributed by atoms with E-state index in [0.717, 1.165) is 41.6 Å². The van der Waals surface area contributed by atoms with Crippen LogP contribution in [-0.4, -0.2) is 25.9 Å². The average molecular weight is 593 g/mol. The quantitative estimate of drug-likeness (QED) is 0.274. The molecule has 2 saturated heterocycles. The van der Waals surface area contributed by atoms with Crippen molar-refractivity contribution in [1.82, 2.24) is 0 Å². The molecule has 2 aliphatic heterocycles. The Bertz CT molecular complexity index is 1340. The van der Waals surface area contributed by atoms with E-state index in [1.54, 1.807) is 6.07 Å². The highest BCUT2D eigenvalue weighted by molar-refractivity contribution is 5.64. The molecule has 0 bridgehead atoms. The van der Waals surface area contributed by atoms with Gasteiger partial charge in [-0.05, 0) is 104 Å². The van der Waals surface area contributed by atoms with E-state index in [4.69, 9.17) is 14.2 Å². The van der Waals surface area contributed by atoms with Crippen LogP contribution in [0.4, 0.5) is 13.2 Å². The lowest BCUT2D eigenvalue weighted by Gasteiger charge is -2.41. The summed E-state index contributed by atoms with van der Waals surface area (Å²) in [4.78, 5) is 0. The third-order valence-electron chi connectivity index (χ3n) is 10.1. The van der Waals surface area contributed by atoms with Crippen molar-refractivity contribution in [1.29, 1.82) is 0 Å². The second kappa shape index (κ2) is 13.5. The highest BCUT2D eigenvalue weighted by atomic mass is 19.1. The first-order valence-corrected chi connectivity index (χ1v) is 16.0. The van der Waals surface area contributed by atoms with Gasteiger partial charge in [0, 0.05) is 17.0 Å². The number of hydrogen-bond donors (Lipinski definition) is 0. The Balaban J connectivity index is 0.984. The minimum atomic E-state index is -0.575. The molecule has 1 aliphatic carbocycles. The molecule has 0 N–H and O–H groups in total. The second-order valence-corrected chi connectivity index (χ2v) is 13.1. The molecule has 6 heteroatoms. The molecule has 2 atom stereocenters. The van der Waals surface area contributed by atoms with E-state index in [1.807, 2.05) is 30.3 Å². The molecule has 6 rings (SSSR count).